The number of H-pyrrole nitrogens is 1. The number of ether oxygens (including phenoxy) is 1. The van der Waals surface area contributed by atoms with Gasteiger partial charge in [-0.1, -0.05) is 11.8 Å². The van der Waals surface area contributed by atoms with Crippen molar-refractivity contribution in [1.82, 2.24) is 9.97 Å². The van der Waals surface area contributed by atoms with Crippen molar-refractivity contribution in [1.29, 1.82) is 0 Å². The van der Waals surface area contributed by atoms with Crippen molar-refractivity contribution in [2.45, 2.75) is 34.2 Å². The third-order valence-electron chi connectivity index (χ3n) is 2.89. The summed E-state index contributed by atoms with van der Waals surface area (Å²) in [7, 11) is 1.38. The Labute approximate surface area is 140 Å². The van der Waals surface area contributed by atoms with Crippen LogP contribution in [0.15, 0.2) is 12.3 Å². The summed E-state index contributed by atoms with van der Waals surface area (Å²) in [6.45, 7) is 8.60. The predicted octanol–water partition coefficient (Wildman–Crippen LogP) is 3.58. The fourth-order valence-corrected chi connectivity index (χ4v) is 2.74. The van der Waals surface area contributed by atoms with Gasteiger partial charge in [-0.15, -0.1) is 11.3 Å². The molecule has 2 heterocycles. The molecular formula is C17H21N3O2S. The molecule has 2 aromatic heterocycles. The predicted molar refractivity (Wildman–Crippen MR) is 92.6 cm³/mol. The molecule has 0 radical (unpaired) electrons. The first-order valence-electron chi connectivity index (χ1n) is 7.28. The average Bonchev–Trinajstić information content (AvgIpc) is 3.07. The first kappa shape index (κ1) is 17.1. The number of methoxy groups -OCH3 is 1. The molecule has 0 fully saturated rings. The van der Waals surface area contributed by atoms with Crippen molar-refractivity contribution in [3.05, 3.63) is 33.5 Å². The number of aromatic amines is 1. The third kappa shape index (κ3) is 4.86. The second kappa shape index (κ2) is 6.88. The third-order valence-corrected chi connectivity index (χ3v) is 3.92. The van der Waals surface area contributed by atoms with E-state index in [9.17, 15) is 4.79 Å². The summed E-state index contributed by atoms with van der Waals surface area (Å²) in [5, 5.41) is 3.25. The van der Waals surface area contributed by atoms with Crippen LogP contribution in [0.25, 0.3) is 0 Å². The maximum atomic E-state index is 11.9. The minimum absolute atomic E-state index is 0.0868. The molecule has 0 aliphatic rings. The van der Waals surface area contributed by atoms with Crippen LogP contribution in [0.1, 0.15) is 46.8 Å². The van der Waals surface area contributed by atoms with Crippen molar-refractivity contribution < 1.29 is 9.53 Å². The molecule has 0 spiro atoms. The van der Waals surface area contributed by atoms with E-state index in [0.717, 1.165) is 22.1 Å². The smallest absolute Gasteiger partial charge is 0.350 e. The number of hydrogen-bond acceptors (Lipinski definition) is 5. The summed E-state index contributed by atoms with van der Waals surface area (Å²) in [5.74, 6) is 6.80. The highest BCUT2D eigenvalue weighted by Gasteiger charge is 2.16. The van der Waals surface area contributed by atoms with Crippen LogP contribution < -0.4 is 5.32 Å². The summed E-state index contributed by atoms with van der Waals surface area (Å²) in [5.41, 5.74) is 1.59. The van der Waals surface area contributed by atoms with Gasteiger partial charge in [0.15, 0.2) is 0 Å². The minimum Gasteiger partial charge on any atom is -0.465 e. The Morgan fingerprint density at radius 1 is 1.48 bits per heavy atom. The number of esters is 1. The first-order chi connectivity index (χ1) is 10.8. The molecule has 0 saturated carbocycles. The number of nitrogens with zero attached hydrogens (tertiary/aromatic N) is 1. The summed E-state index contributed by atoms with van der Waals surface area (Å²) < 4.78 is 4.85. The van der Waals surface area contributed by atoms with Crippen molar-refractivity contribution in [2.24, 2.45) is 5.41 Å². The van der Waals surface area contributed by atoms with Gasteiger partial charge >= 0.3 is 5.97 Å². The molecule has 5 nitrogen and oxygen atoms in total. The second-order valence-electron chi connectivity index (χ2n) is 6.19. The molecule has 2 aromatic rings. The molecule has 23 heavy (non-hydrogen) atoms. The molecule has 0 aliphatic heterocycles. The summed E-state index contributed by atoms with van der Waals surface area (Å²) >= 11 is 1.34. The van der Waals surface area contributed by atoms with Crippen LogP contribution in [0, 0.1) is 24.2 Å². The van der Waals surface area contributed by atoms with Gasteiger partial charge in [-0.25, -0.2) is 9.78 Å². The maximum absolute atomic E-state index is 11.9. The molecule has 0 aromatic carbocycles. The molecule has 0 aliphatic carbocycles. The van der Waals surface area contributed by atoms with E-state index in [1.54, 1.807) is 6.20 Å². The monoisotopic (exact) mass is 331 g/mol. The van der Waals surface area contributed by atoms with E-state index in [-0.39, 0.29) is 11.4 Å². The highest BCUT2D eigenvalue weighted by atomic mass is 32.1. The van der Waals surface area contributed by atoms with Gasteiger partial charge < -0.3 is 15.0 Å². The number of hydrogen-bond donors (Lipinski definition) is 2. The molecule has 122 valence electrons. The van der Waals surface area contributed by atoms with E-state index in [0.29, 0.717) is 11.4 Å². The average molecular weight is 331 g/mol. The van der Waals surface area contributed by atoms with Gasteiger partial charge in [0.2, 0.25) is 0 Å². The van der Waals surface area contributed by atoms with Gasteiger partial charge in [0.25, 0.3) is 0 Å². The number of rotatable bonds is 4. The fourth-order valence-electron chi connectivity index (χ4n) is 1.83. The highest BCUT2D eigenvalue weighted by Crippen LogP contribution is 2.28. The zero-order valence-corrected chi connectivity index (χ0v) is 14.9. The molecule has 0 amide bonds. The topological polar surface area (TPSA) is 67.0 Å². The number of carbonyl (C=O) groups is 1. The molecular weight excluding hydrogens is 310 g/mol. The normalized spacial score (nSPS) is 10.8. The molecule has 2 rings (SSSR count). The van der Waals surface area contributed by atoms with Crippen LogP contribution in [-0.4, -0.2) is 23.0 Å². The van der Waals surface area contributed by atoms with E-state index in [1.807, 2.05) is 13.0 Å². The van der Waals surface area contributed by atoms with Crippen LogP contribution in [0.3, 0.4) is 0 Å². The van der Waals surface area contributed by atoms with E-state index >= 15 is 0 Å². The van der Waals surface area contributed by atoms with Crippen LogP contribution in [0.2, 0.25) is 0 Å². The minimum atomic E-state index is -0.359. The zero-order chi connectivity index (χ0) is 17.0. The summed E-state index contributed by atoms with van der Waals surface area (Å²) in [4.78, 5) is 20.6. The molecule has 0 bridgehead atoms. The zero-order valence-electron chi connectivity index (χ0n) is 14.0. The maximum Gasteiger partial charge on any atom is 0.350 e. The lowest BCUT2D eigenvalue weighted by Gasteiger charge is -2.06. The summed E-state index contributed by atoms with van der Waals surface area (Å²) in [6.07, 6.45) is 1.77. The van der Waals surface area contributed by atoms with Gasteiger partial charge in [-0.3, -0.25) is 0 Å². The van der Waals surface area contributed by atoms with Gasteiger partial charge in [0.1, 0.15) is 10.7 Å². The largest absolute Gasteiger partial charge is 0.465 e. The van der Waals surface area contributed by atoms with Crippen molar-refractivity contribution >= 4 is 23.0 Å². The van der Waals surface area contributed by atoms with Crippen molar-refractivity contribution in [3.8, 4) is 11.8 Å². The van der Waals surface area contributed by atoms with Crippen molar-refractivity contribution in [2.75, 3.05) is 12.4 Å². The number of thiophene rings is 1. The molecule has 2 N–H and O–H groups in total. The SMILES string of the molecule is COC(=O)c1sc(C#CC(C)(C)C)cc1NCc1cnc(C)[nH]1. The number of anilines is 1. The molecule has 6 heteroatoms. The number of nitrogens with one attached hydrogen (secondary N) is 2. The van der Waals surface area contributed by atoms with Crippen LogP contribution in [-0.2, 0) is 11.3 Å². The second-order valence-corrected chi connectivity index (χ2v) is 7.24. The Morgan fingerprint density at radius 3 is 2.78 bits per heavy atom. The molecule has 0 unspecified atom stereocenters. The Kier molecular flexibility index (Phi) is 5.12. The van der Waals surface area contributed by atoms with Gasteiger partial charge in [0, 0.05) is 5.41 Å². The number of aryl methyl sites for hydroxylation is 1. The fraction of sp³-hybridized carbons (Fsp3) is 0.412. The van der Waals surface area contributed by atoms with E-state index in [1.165, 1.54) is 18.4 Å². The standard InChI is InChI=1S/C17H21N3O2S/c1-11-18-9-12(20-11)10-19-14-8-13(6-7-17(2,3)4)23-15(14)16(21)22-5/h8-9,19H,10H2,1-5H3,(H,18,20). The quantitative estimate of drug-likeness (QED) is 0.664. The van der Waals surface area contributed by atoms with E-state index in [2.05, 4.69) is 47.9 Å². The lowest BCUT2D eigenvalue weighted by atomic mass is 9.98. The first-order valence-corrected chi connectivity index (χ1v) is 8.10. The van der Waals surface area contributed by atoms with Crippen LogP contribution in [0.5, 0.6) is 0 Å². The Morgan fingerprint density at radius 2 is 2.22 bits per heavy atom. The molecule has 0 saturated heterocycles. The van der Waals surface area contributed by atoms with Crippen molar-refractivity contribution in [3.63, 3.8) is 0 Å². The number of carbonyl (C=O) groups excluding carboxylic acids is 1. The Hall–Kier alpha value is -2.26. The highest BCUT2D eigenvalue weighted by molar-refractivity contribution is 7.15. The van der Waals surface area contributed by atoms with Crippen LogP contribution in [0.4, 0.5) is 5.69 Å². The molecule has 0 atom stereocenters. The van der Waals surface area contributed by atoms with Gasteiger partial charge in [0.05, 0.1) is 36.1 Å². The van der Waals surface area contributed by atoms with E-state index in [4.69, 9.17) is 4.74 Å². The Balaban J connectivity index is 2.23. The van der Waals surface area contributed by atoms with Gasteiger partial charge in [-0.05, 0) is 33.8 Å². The van der Waals surface area contributed by atoms with E-state index < -0.39 is 0 Å². The lowest BCUT2D eigenvalue weighted by Crippen LogP contribution is -2.05. The number of imidazole rings is 1. The lowest BCUT2D eigenvalue weighted by molar-refractivity contribution is 0.0607. The summed E-state index contributed by atoms with van der Waals surface area (Å²) in [6, 6.07) is 1.89. The van der Waals surface area contributed by atoms with Gasteiger partial charge in [-0.2, -0.15) is 0 Å². The Bertz CT molecular complexity index is 757. The van der Waals surface area contributed by atoms with Crippen LogP contribution >= 0.6 is 11.3 Å². The number of aromatic nitrogens is 2.